The third-order valence-electron chi connectivity index (χ3n) is 4.26. The van der Waals surface area contributed by atoms with Crippen molar-refractivity contribution in [2.24, 2.45) is 4.99 Å². The molecule has 138 valence electrons. The Kier molecular flexibility index (Phi) is 5.36. The summed E-state index contributed by atoms with van der Waals surface area (Å²) in [5.74, 6) is 0.251. The van der Waals surface area contributed by atoms with Crippen LogP contribution in [0.2, 0.25) is 0 Å². The van der Waals surface area contributed by atoms with Gasteiger partial charge in [0.25, 0.3) is 0 Å². The molecule has 1 fully saturated rings. The molecule has 7 heteroatoms. The summed E-state index contributed by atoms with van der Waals surface area (Å²) in [5, 5.41) is 0.403. The molecule has 2 atom stereocenters. The lowest BCUT2D eigenvalue weighted by Gasteiger charge is -2.33. The highest BCUT2D eigenvalue weighted by Gasteiger charge is 2.46. The van der Waals surface area contributed by atoms with E-state index in [1.807, 2.05) is 38.1 Å². The Labute approximate surface area is 157 Å². The van der Waals surface area contributed by atoms with Crippen molar-refractivity contribution in [1.82, 2.24) is 4.90 Å². The zero-order valence-corrected chi connectivity index (χ0v) is 16.1. The van der Waals surface area contributed by atoms with Crippen LogP contribution < -0.4 is 4.74 Å². The summed E-state index contributed by atoms with van der Waals surface area (Å²) >= 11 is 1.41. The van der Waals surface area contributed by atoms with Crippen LogP contribution in [0.1, 0.15) is 39.3 Å². The van der Waals surface area contributed by atoms with E-state index in [4.69, 9.17) is 9.47 Å². The number of benzene rings is 1. The molecule has 1 aromatic carbocycles. The van der Waals surface area contributed by atoms with Gasteiger partial charge in [-0.3, -0.25) is 9.69 Å². The number of hydrogen-bond acceptors (Lipinski definition) is 6. The van der Waals surface area contributed by atoms with Crippen molar-refractivity contribution >= 4 is 28.8 Å². The summed E-state index contributed by atoms with van der Waals surface area (Å²) in [6, 6.07) is 6.92. The fraction of sp³-hybridized carbons (Fsp3) is 0.421. The van der Waals surface area contributed by atoms with E-state index >= 15 is 0 Å². The summed E-state index contributed by atoms with van der Waals surface area (Å²) in [4.78, 5) is 31.5. The molecule has 2 aliphatic rings. The van der Waals surface area contributed by atoms with Crippen LogP contribution in [-0.2, 0) is 14.3 Å². The van der Waals surface area contributed by atoms with Crippen LogP contribution in [0.4, 0.5) is 0 Å². The minimum atomic E-state index is -0.540. The third-order valence-corrected chi connectivity index (χ3v) is 5.31. The Morgan fingerprint density at radius 1 is 1.23 bits per heavy atom. The summed E-state index contributed by atoms with van der Waals surface area (Å²) in [6.07, 6.45) is 0. The highest BCUT2D eigenvalue weighted by Crippen LogP contribution is 2.43. The van der Waals surface area contributed by atoms with Crippen LogP contribution in [0.3, 0.4) is 0 Å². The first-order valence-electron chi connectivity index (χ1n) is 8.67. The van der Waals surface area contributed by atoms with Crippen molar-refractivity contribution in [3.63, 3.8) is 0 Å². The Hall–Kier alpha value is -2.28. The molecule has 0 spiro atoms. The molecular weight excluding hydrogens is 352 g/mol. The van der Waals surface area contributed by atoms with Gasteiger partial charge in [-0.2, -0.15) is 0 Å². The number of ether oxygens (including phenoxy) is 2. The molecule has 1 aromatic rings. The van der Waals surface area contributed by atoms with Crippen molar-refractivity contribution in [2.45, 2.75) is 39.0 Å². The van der Waals surface area contributed by atoms with Crippen molar-refractivity contribution in [2.75, 3.05) is 13.2 Å². The molecule has 1 amide bonds. The van der Waals surface area contributed by atoms with E-state index in [-0.39, 0.29) is 17.8 Å². The van der Waals surface area contributed by atoms with E-state index in [0.29, 0.717) is 23.0 Å². The number of amides is 1. The molecule has 0 aromatic heterocycles. The van der Waals surface area contributed by atoms with E-state index in [0.717, 1.165) is 11.3 Å². The lowest BCUT2D eigenvalue weighted by Crippen LogP contribution is -2.40. The number of carbonyl (C=O) groups is 2. The van der Waals surface area contributed by atoms with Gasteiger partial charge in [-0.15, -0.1) is 0 Å². The van der Waals surface area contributed by atoms with Gasteiger partial charge in [-0.05, 0) is 45.4 Å². The smallest absolute Gasteiger partial charge is 0.338 e. The molecular formula is C19H22N2O4S. The maximum atomic E-state index is 12.8. The van der Waals surface area contributed by atoms with Crippen molar-refractivity contribution in [3.8, 4) is 5.75 Å². The minimum Gasteiger partial charge on any atom is -0.494 e. The molecule has 0 aliphatic carbocycles. The average molecular weight is 374 g/mol. The van der Waals surface area contributed by atoms with Gasteiger partial charge < -0.3 is 9.47 Å². The molecule has 0 unspecified atom stereocenters. The van der Waals surface area contributed by atoms with Gasteiger partial charge in [-0.1, -0.05) is 23.9 Å². The lowest BCUT2D eigenvalue weighted by atomic mass is 9.94. The number of hydrogen-bond donors (Lipinski definition) is 0. The molecule has 26 heavy (non-hydrogen) atoms. The van der Waals surface area contributed by atoms with Gasteiger partial charge in [0, 0.05) is 0 Å². The van der Waals surface area contributed by atoms with Crippen molar-refractivity contribution < 1.29 is 19.1 Å². The van der Waals surface area contributed by atoms with E-state index in [9.17, 15) is 9.59 Å². The fourth-order valence-corrected chi connectivity index (χ4v) is 4.13. The van der Waals surface area contributed by atoms with E-state index in [1.165, 1.54) is 11.8 Å². The highest BCUT2D eigenvalue weighted by molar-refractivity contribution is 8.15. The zero-order chi connectivity index (χ0) is 18.8. The number of aliphatic imine (C=N–C) groups is 1. The van der Waals surface area contributed by atoms with Crippen LogP contribution in [0, 0.1) is 0 Å². The van der Waals surface area contributed by atoms with Crippen LogP contribution in [0.5, 0.6) is 5.75 Å². The van der Waals surface area contributed by atoms with E-state index < -0.39 is 12.0 Å². The van der Waals surface area contributed by atoms with Gasteiger partial charge in [-0.25, -0.2) is 9.79 Å². The zero-order valence-electron chi connectivity index (χ0n) is 15.3. The maximum absolute atomic E-state index is 12.8. The first kappa shape index (κ1) is 18.5. The average Bonchev–Trinajstić information content (AvgIpc) is 2.89. The summed E-state index contributed by atoms with van der Waals surface area (Å²) in [6.45, 7) is 8.15. The van der Waals surface area contributed by atoms with Crippen LogP contribution in [0.25, 0.3) is 0 Å². The number of fused-ring (bicyclic) bond motifs is 1. The van der Waals surface area contributed by atoms with Gasteiger partial charge in [0.1, 0.15) is 5.75 Å². The summed E-state index contributed by atoms with van der Waals surface area (Å²) < 4.78 is 10.7. The van der Waals surface area contributed by atoms with Crippen LogP contribution in [0.15, 0.2) is 40.5 Å². The number of amidine groups is 1. The number of carbonyl (C=O) groups excluding carboxylic acids is 2. The topological polar surface area (TPSA) is 68.2 Å². The van der Waals surface area contributed by atoms with Gasteiger partial charge in [0.05, 0.1) is 35.8 Å². The van der Waals surface area contributed by atoms with E-state index in [2.05, 4.69) is 4.99 Å². The largest absolute Gasteiger partial charge is 0.494 e. The monoisotopic (exact) mass is 374 g/mol. The molecule has 2 aliphatic heterocycles. The minimum absolute atomic E-state index is 0.0538. The van der Waals surface area contributed by atoms with Gasteiger partial charge in [0.2, 0.25) is 5.91 Å². The first-order valence-corrected chi connectivity index (χ1v) is 9.54. The number of nitrogens with zero attached hydrogens (tertiary/aromatic N) is 2. The second-order valence-corrected chi connectivity index (χ2v) is 7.29. The molecule has 0 bridgehead atoms. The molecule has 3 rings (SSSR count). The number of esters is 1. The SMILES string of the molecule is CCOC(=O)C1=C(C)N=C2S[C@@H](C)C(=O)N2[C@H]1c1ccc(OCC)cc1. The number of rotatable bonds is 5. The standard InChI is InChI=1S/C19H22N2O4S/c1-5-24-14-9-7-13(8-10-14)16-15(18(23)25-6-2)11(3)20-19-21(16)17(22)12(4)26-19/h7-10,12,16H,5-6H2,1-4H3/t12-,16-/m0/s1. The predicted octanol–water partition coefficient (Wildman–Crippen LogP) is 3.30. The highest BCUT2D eigenvalue weighted by atomic mass is 32.2. The van der Waals surface area contributed by atoms with Crippen LogP contribution in [-0.4, -0.2) is 40.4 Å². The summed E-state index contributed by atoms with van der Waals surface area (Å²) in [7, 11) is 0. The Balaban J connectivity index is 2.08. The third kappa shape index (κ3) is 3.23. The first-order chi connectivity index (χ1) is 12.5. The second-order valence-electron chi connectivity index (χ2n) is 5.99. The Morgan fingerprint density at radius 2 is 1.92 bits per heavy atom. The quantitative estimate of drug-likeness (QED) is 0.740. The maximum Gasteiger partial charge on any atom is 0.338 e. The van der Waals surface area contributed by atoms with E-state index in [1.54, 1.807) is 18.7 Å². The Morgan fingerprint density at radius 3 is 2.54 bits per heavy atom. The molecule has 0 saturated carbocycles. The van der Waals surface area contributed by atoms with Gasteiger partial charge >= 0.3 is 5.97 Å². The van der Waals surface area contributed by atoms with Crippen LogP contribution >= 0.6 is 11.8 Å². The number of allylic oxidation sites excluding steroid dienone is 1. The van der Waals surface area contributed by atoms with Gasteiger partial charge in [0.15, 0.2) is 5.17 Å². The second kappa shape index (κ2) is 7.53. The van der Waals surface area contributed by atoms with Crippen molar-refractivity contribution in [3.05, 3.63) is 41.1 Å². The molecule has 1 saturated heterocycles. The number of thioether (sulfide) groups is 1. The predicted molar refractivity (Wildman–Crippen MR) is 101 cm³/mol. The molecule has 0 radical (unpaired) electrons. The Bertz CT molecular complexity index is 785. The molecule has 6 nitrogen and oxygen atoms in total. The molecule has 2 heterocycles. The normalized spacial score (nSPS) is 22.2. The van der Waals surface area contributed by atoms with Crippen molar-refractivity contribution in [1.29, 1.82) is 0 Å². The lowest BCUT2D eigenvalue weighted by molar-refractivity contribution is -0.139. The summed E-state index contributed by atoms with van der Waals surface area (Å²) in [5.41, 5.74) is 1.82. The molecule has 0 N–H and O–H groups in total. The fourth-order valence-electron chi connectivity index (χ4n) is 3.10.